The van der Waals surface area contributed by atoms with Gasteiger partial charge in [0.2, 0.25) is 0 Å². The Balaban J connectivity index is 2.11. The van der Waals surface area contributed by atoms with Crippen LogP contribution in [0, 0.1) is 3.57 Å². The number of ether oxygens (including phenoxy) is 2. The number of halogens is 2. The minimum atomic E-state index is 0.406. The monoisotopic (exact) mass is 394 g/mol. The van der Waals surface area contributed by atoms with Crippen LogP contribution in [0.3, 0.4) is 0 Å². The van der Waals surface area contributed by atoms with Gasteiger partial charge in [0.25, 0.3) is 0 Å². The van der Waals surface area contributed by atoms with E-state index in [0.29, 0.717) is 25.7 Å². The average molecular weight is 395 g/mol. The lowest BCUT2D eigenvalue weighted by molar-refractivity contribution is 0.0667. The molecule has 0 N–H and O–H groups in total. The van der Waals surface area contributed by atoms with Crippen molar-refractivity contribution >= 4 is 45.2 Å². The molecule has 19 heavy (non-hydrogen) atoms. The summed E-state index contributed by atoms with van der Waals surface area (Å²) in [7, 11) is 1.67. The summed E-state index contributed by atoms with van der Waals surface area (Å²) >= 11 is 8.24. The Bertz CT molecular complexity index is 545. The SMILES string of the molecule is COCCOCCn1c(CCl)nc2cc(I)ccc21. The second kappa shape index (κ2) is 7.42. The van der Waals surface area contributed by atoms with Crippen molar-refractivity contribution in [3.63, 3.8) is 0 Å². The van der Waals surface area contributed by atoms with E-state index in [2.05, 4.69) is 50.3 Å². The summed E-state index contributed by atoms with van der Waals surface area (Å²) in [4.78, 5) is 4.55. The summed E-state index contributed by atoms with van der Waals surface area (Å²) in [5.74, 6) is 1.29. The van der Waals surface area contributed by atoms with Gasteiger partial charge in [0, 0.05) is 17.2 Å². The maximum absolute atomic E-state index is 5.96. The molecule has 2 rings (SSSR count). The highest BCUT2D eigenvalue weighted by Crippen LogP contribution is 2.20. The molecule has 0 spiro atoms. The Hall–Kier alpha value is -0.370. The van der Waals surface area contributed by atoms with E-state index < -0.39 is 0 Å². The van der Waals surface area contributed by atoms with Gasteiger partial charge in [-0.25, -0.2) is 4.98 Å². The number of fused-ring (bicyclic) bond motifs is 1. The van der Waals surface area contributed by atoms with Crippen LogP contribution in [0.5, 0.6) is 0 Å². The minimum absolute atomic E-state index is 0.406. The van der Waals surface area contributed by atoms with Crippen LogP contribution in [0.2, 0.25) is 0 Å². The van der Waals surface area contributed by atoms with Crippen molar-refractivity contribution in [1.82, 2.24) is 9.55 Å². The van der Waals surface area contributed by atoms with Crippen LogP contribution in [0.15, 0.2) is 18.2 Å². The first-order valence-corrected chi connectivity index (χ1v) is 7.65. The molecule has 0 saturated heterocycles. The summed E-state index contributed by atoms with van der Waals surface area (Å²) in [6.45, 7) is 2.61. The molecular formula is C13H16ClIN2O2. The fraction of sp³-hybridized carbons (Fsp3) is 0.462. The number of rotatable bonds is 7. The number of alkyl halides is 1. The molecule has 0 radical (unpaired) electrons. The van der Waals surface area contributed by atoms with Gasteiger partial charge in [-0.1, -0.05) is 0 Å². The number of nitrogens with zero attached hydrogens (tertiary/aromatic N) is 2. The molecule has 0 fully saturated rings. The van der Waals surface area contributed by atoms with E-state index in [9.17, 15) is 0 Å². The lowest BCUT2D eigenvalue weighted by Gasteiger charge is -2.08. The first-order valence-electron chi connectivity index (χ1n) is 6.03. The van der Waals surface area contributed by atoms with E-state index in [4.69, 9.17) is 21.1 Å². The molecule has 4 nitrogen and oxygen atoms in total. The minimum Gasteiger partial charge on any atom is -0.382 e. The highest BCUT2D eigenvalue weighted by atomic mass is 127. The second-order valence-electron chi connectivity index (χ2n) is 4.05. The second-order valence-corrected chi connectivity index (χ2v) is 5.56. The summed E-state index contributed by atoms with van der Waals surface area (Å²) < 4.78 is 13.7. The van der Waals surface area contributed by atoms with Crippen LogP contribution < -0.4 is 0 Å². The molecule has 6 heteroatoms. The zero-order chi connectivity index (χ0) is 13.7. The first-order chi connectivity index (χ1) is 9.26. The predicted octanol–water partition coefficient (Wildman–Crippen LogP) is 3.04. The van der Waals surface area contributed by atoms with Gasteiger partial charge >= 0.3 is 0 Å². The van der Waals surface area contributed by atoms with Gasteiger partial charge in [-0.05, 0) is 40.8 Å². The standard InChI is InChI=1S/C13H16ClIN2O2/c1-18-6-7-19-5-4-17-12-3-2-10(15)8-11(12)16-13(17)9-14/h2-3,8H,4-7,9H2,1H3. The lowest BCUT2D eigenvalue weighted by Crippen LogP contribution is -2.11. The van der Waals surface area contributed by atoms with E-state index in [-0.39, 0.29) is 0 Å². The molecule has 0 atom stereocenters. The van der Waals surface area contributed by atoms with E-state index in [1.807, 2.05) is 0 Å². The van der Waals surface area contributed by atoms with Crippen molar-refractivity contribution < 1.29 is 9.47 Å². The zero-order valence-corrected chi connectivity index (χ0v) is 13.6. The topological polar surface area (TPSA) is 36.3 Å². The highest BCUT2D eigenvalue weighted by molar-refractivity contribution is 14.1. The fourth-order valence-corrected chi connectivity index (χ4v) is 2.58. The Morgan fingerprint density at radius 1 is 1.32 bits per heavy atom. The first kappa shape index (κ1) is 15.0. The third kappa shape index (κ3) is 3.81. The fourth-order valence-electron chi connectivity index (χ4n) is 1.90. The maximum Gasteiger partial charge on any atom is 0.124 e. The number of benzene rings is 1. The highest BCUT2D eigenvalue weighted by Gasteiger charge is 2.09. The zero-order valence-electron chi connectivity index (χ0n) is 10.7. The van der Waals surface area contributed by atoms with Gasteiger partial charge in [0.15, 0.2) is 0 Å². The molecule has 1 aromatic heterocycles. The van der Waals surface area contributed by atoms with E-state index in [1.54, 1.807) is 7.11 Å². The molecule has 104 valence electrons. The largest absolute Gasteiger partial charge is 0.382 e. The van der Waals surface area contributed by atoms with E-state index in [0.717, 1.165) is 23.4 Å². The summed E-state index contributed by atoms with van der Waals surface area (Å²) in [6, 6.07) is 6.22. The predicted molar refractivity (Wildman–Crippen MR) is 84.7 cm³/mol. The third-order valence-electron chi connectivity index (χ3n) is 2.80. The molecule has 2 aromatic rings. The summed E-state index contributed by atoms with van der Waals surface area (Å²) in [6.07, 6.45) is 0. The number of aromatic nitrogens is 2. The van der Waals surface area contributed by atoms with Gasteiger partial charge in [-0.2, -0.15) is 0 Å². The number of imidazole rings is 1. The van der Waals surface area contributed by atoms with Crippen molar-refractivity contribution in [1.29, 1.82) is 0 Å². The Morgan fingerprint density at radius 3 is 2.89 bits per heavy atom. The molecule has 0 aliphatic heterocycles. The van der Waals surface area contributed by atoms with Crippen molar-refractivity contribution in [2.24, 2.45) is 0 Å². The van der Waals surface area contributed by atoms with Gasteiger partial charge in [0.05, 0.1) is 36.7 Å². The van der Waals surface area contributed by atoms with Crippen LogP contribution in [0.4, 0.5) is 0 Å². The average Bonchev–Trinajstić information content (AvgIpc) is 2.75. The number of methoxy groups -OCH3 is 1. The Kier molecular flexibility index (Phi) is 5.87. The van der Waals surface area contributed by atoms with Gasteiger partial charge in [-0.3, -0.25) is 0 Å². The maximum atomic E-state index is 5.96. The molecule has 0 aliphatic carbocycles. The van der Waals surface area contributed by atoms with Gasteiger partial charge in [0.1, 0.15) is 5.82 Å². The smallest absolute Gasteiger partial charge is 0.124 e. The molecule has 0 amide bonds. The molecule has 0 aliphatic rings. The lowest BCUT2D eigenvalue weighted by atomic mass is 10.3. The van der Waals surface area contributed by atoms with E-state index in [1.165, 1.54) is 3.57 Å². The van der Waals surface area contributed by atoms with Crippen molar-refractivity contribution in [3.8, 4) is 0 Å². The third-order valence-corrected chi connectivity index (χ3v) is 3.71. The van der Waals surface area contributed by atoms with Gasteiger partial charge < -0.3 is 14.0 Å². The van der Waals surface area contributed by atoms with Gasteiger partial charge in [-0.15, -0.1) is 11.6 Å². The van der Waals surface area contributed by atoms with Crippen LogP contribution in [-0.2, 0) is 21.9 Å². The van der Waals surface area contributed by atoms with Crippen molar-refractivity contribution in [2.45, 2.75) is 12.4 Å². The molecular weight excluding hydrogens is 379 g/mol. The van der Waals surface area contributed by atoms with Crippen molar-refractivity contribution in [2.75, 3.05) is 26.9 Å². The van der Waals surface area contributed by atoms with E-state index >= 15 is 0 Å². The molecule has 0 saturated carbocycles. The summed E-state index contributed by atoms with van der Waals surface area (Å²) in [5, 5.41) is 0. The Morgan fingerprint density at radius 2 is 2.16 bits per heavy atom. The number of hydrogen-bond donors (Lipinski definition) is 0. The van der Waals surface area contributed by atoms with Crippen LogP contribution >= 0.6 is 34.2 Å². The molecule has 1 aromatic carbocycles. The molecule has 1 heterocycles. The Labute approximate surface area is 131 Å². The molecule has 0 bridgehead atoms. The quantitative estimate of drug-likeness (QED) is 0.411. The van der Waals surface area contributed by atoms with Crippen LogP contribution in [0.1, 0.15) is 5.82 Å². The van der Waals surface area contributed by atoms with Crippen molar-refractivity contribution in [3.05, 3.63) is 27.6 Å². The molecule has 0 unspecified atom stereocenters. The normalized spacial score (nSPS) is 11.3. The van der Waals surface area contributed by atoms with Crippen LogP contribution in [-0.4, -0.2) is 36.5 Å². The number of hydrogen-bond acceptors (Lipinski definition) is 3. The summed E-state index contributed by atoms with van der Waals surface area (Å²) in [5.41, 5.74) is 2.09. The van der Waals surface area contributed by atoms with Crippen LogP contribution in [0.25, 0.3) is 11.0 Å².